The molecule has 3 fully saturated rings. The Hall–Kier alpha value is -1.04. The first-order valence-corrected chi connectivity index (χ1v) is 11.7. The van der Waals surface area contributed by atoms with Crippen LogP contribution in [0.1, 0.15) is 75.1 Å². The van der Waals surface area contributed by atoms with E-state index in [4.69, 9.17) is 9.97 Å². The maximum atomic E-state index is 9.92. The summed E-state index contributed by atoms with van der Waals surface area (Å²) in [5.41, 5.74) is 1.21. The molecule has 0 unspecified atom stereocenters. The van der Waals surface area contributed by atoms with Gasteiger partial charge in [0.25, 0.3) is 0 Å². The smallest absolute Gasteiger partial charge is 0.131 e. The van der Waals surface area contributed by atoms with Crippen molar-refractivity contribution in [2.24, 2.45) is 11.8 Å². The molecule has 2 atom stereocenters. The zero-order valence-corrected chi connectivity index (χ0v) is 17.4. The van der Waals surface area contributed by atoms with Gasteiger partial charge in [0, 0.05) is 56.7 Å². The molecular weight excluding hydrogens is 348 g/mol. The lowest BCUT2D eigenvalue weighted by Gasteiger charge is -2.26. The molecule has 1 saturated carbocycles. The fourth-order valence-electron chi connectivity index (χ4n) is 5.51. The van der Waals surface area contributed by atoms with Gasteiger partial charge < -0.3 is 10.0 Å². The van der Waals surface area contributed by atoms with Crippen LogP contribution in [0.3, 0.4) is 0 Å². The largest absolute Gasteiger partial charge is 0.396 e. The average molecular weight is 387 g/mol. The highest BCUT2D eigenvalue weighted by Gasteiger charge is 2.33. The highest BCUT2D eigenvalue weighted by atomic mass is 16.3. The van der Waals surface area contributed by atoms with Crippen LogP contribution in [0, 0.1) is 11.8 Å². The van der Waals surface area contributed by atoms with Crippen molar-refractivity contribution >= 4 is 0 Å². The van der Waals surface area contributed by atoms with E-state index < -0.39 is 0 Å². The molecule has 3 aliphatic rings. The molecule has 2 aliphatic heterocycles. The van der Waals surface area contributed by atoms with E-state index in [-0.39, 0.29) is 0 Å². The zero-order valence-electron chi connectivity index (χ0n) is 17.4. The van der Waals surface area contributed by atoms with Crippen LogP contribution in [0.2, 0.25) is 0 Å². The molecule has 4 rings (SSSR count). The van der Waals surface area contributed by atoms with E-state index in [0.29, 0.717) is 24.4 Å². The van der Waals surface area contributed by atoms with E-state index in [9.17, 15) is 5.11 Å². The minimum Gasteiger partial charge on any atom is -0.396 e. The molecule has 0 aromatic carbocycles. The molecule has 5 nitrogen and oxygen atoms in total. The third-order valence-corrected chi connectivity index (χ3v) is 7.18. The third-order valence-electron chi connectivity index (χ3n) is 7.18. The standard InChI is InChI=1S/C23H38N4O/c28-18-22-17-27(16-21(22)15-26-10-6-1-2-7-11-26)14-19-12-24-23(25-13-19)20-8-4-3-5-9-20/h12-13,20-22,28H,1-11,14-18H2/t21-,22-/m0/s1. The maximum Gasteiger partial charge on any atom is 0.131 e. The average Bonchev–Trinajstić information content (AvgIpc) is 2.93. The first-order valence-electron chi connectivity index (χ1n) is 11.7. The Balaban J connectivity index is 1.30. The summed E-state index contributed by atoms with van der Waals surface area (Å²) in [6, 6.07) is 0. The van der Waals surface area contributed by atoms with Crippen molar-refractivity contribution in [3.8, 4) is 0 Å². The summed E-state index contributed by atoms with van der Waals surface area (Å²) in [4.78, 5) is 14.6. The fraction of sp³-hybridized carbons (Fsp3) is 0.826. The van der Waals surface area contributed by atoms with Gasteiger partial charge in [-0.3, -0.25) is 4.90 Å². The van der Waals surface area contributed by atoms with Gasteiger partial charge in [-0.05, 0) is 50.6 Å². The molecule has 3 heterocycles. The van der Waals surface area contributed by atoms with Gasteiger partial charge in [0.15, 0.2) is 0 Å². The van der Waals surface area contributed by atoms with Gasteiger partial charge in [-0.2, -0.15) is 0 Å². The lowest BCUT2D eigenvalue weighted by atomic mass is 9.89. The van der Waals surface area contributed by atoms with E-state index in [1.165, 1.54) is 76.4 Å². The van der Waals surface area contributed by atoms with Crippen LogP contribution in [-0.2, 0) is 6.54 Å². The molecule has 0 bridgehead atoms. The number of hydrogen-bond acceptors (Lipinski definition) is 5. The molecule has 28 heavy (non-hydrogen) atoms. The summed E-state index contributed by atoms with van der Waals surface area (Å²) in [7, 11) is 0. The van der Waals surface area contributed by atoms with Gasteiger partial charge in [0.05, 0.1) is 0 Å². The summed E-state index contributed by atoms with van der Waals surface area (Å²) in [6.45, 7) is 6.95. The van der Waals surface area contributed by atoms with Crippen molar-refractivity contribution in [3.05, 3.63) is 23.8 Å². The minimum atomic E-state index is 0.312. The summed E-state index contributed by atoms with van der Waals surface area (Å²) in [6.07, 6.45) is 16.1. The second kappa shape index (κ2) is 10.1. The number of aromatic nitrogens is 2. The number of likely N-dealkylation sites (tertiary alicyclic amines) is 2. The Morgan fingerprint density at radius 3 is 2.14 bits per heavy atom. The zero-order chi connectivity index (χ0) is 19.2. The van der Waals surface area contributed by atoms with Gasteiger partial charge in [-0.1, -0.05) is 32.1 Å². The number of hydrogen-bond donors (Lipinski definition) is 1. The topological polar surface area (TPSA) is 52.5 Å². The molecule has 156 valence electrons. The third kappa shape index (κ3) is 5.31. The van der Waals surface area contributed by atoms with Crippen LogP contribution in [0.25, 0.3) is 0 Å². The Morgan fingerprint density at radius 2 is 1.46 bits per heavy atom. The lowest BCUT2D eigenvalue weighted by Crippen LogP contribution is -2.34. The summed E-state index contributed by atoms with van der Waals surface area (Å²) in [5, 5.41) is 9.92. The highest BCUT2D eigenvalue weighted by molar-refractivity contribution is 5.08. The molecule has 0 amide bonds. The van der Waals surface area contributed by atoms with E-state index in [2.05, 4.69) is 9.80 Å². The van der Waals surface area contributed by atoms with Crippen LogP contribution in [0.5, 0.6) is 0 Å². The van der Waals surface area contributed by atoms with Gasteiger partial charge >= 0.3 is 0 Å². The Bertz CT molecular complexity index is 579. The van der Waals surface area contributed by atoms with Crippen molar-refractivity contribution in [2.75, 3.05) is 39.3 Å². The Kier molecular flexibility index (Phi) is 7.32. The summed E-state index contributed by atoms with van der Waals surface area (Å²) < 4.78 is 0. The second-order valence-electron chi connectivity index (χ2n) is 9.40. The molecular formula is C23H38N4O. The molecule has 5 heteroatoms. The van der Waals surface area contributed by atoms with Gasteiger partial charge in [-0.15, -0.1) is 0 Å². The van der Waals surface area contributed by atoms with Crippen molar-refractivity contribution < 1.29 is 5.11 Å². The van der Waals surface area contributed by atoms with Crippen LogP contribution in [-0.4, -0.2) is 64.2 Å². The highest BCUT2D eigenvalue weighted by Crippen LogP contribution is 2.31. The number of nitrogens with zero attached hydrogens (tertiary/aromatic N) is 4. The van der Waals surface area contributed by atoms with Crippen LogP contribution < -0.4 is 0 Å². The van der Waals surface area contributed by atoms with Gasteiger partial charge in [0.1, 0.15) is 5.82 Å². The Morgan fingerprint density at radius 1 is 0.821 bits per heavy atom. The quantitative estimate of drug-likeness (QED) is 0.812. The molecule has 1 aromatic heterocycles. The van der Waals surface area contributed by atoms with Crippen LogP contribution >= 0.6 is 0 Å². The molecule has 0 radical (unpaired) electrons. The van der Waals surface area contributed by atoms with Crippen molar-refractivity contribution in [3.63, 3.8) is 0 Å². The van der Waals surface area contributed by atoms with Gasteiger partial charge in [0.2, 0.25) is 0 Å². The summed E-state index contributed by atoms with van der Waals surface area (Å²) >= 11 is 0. The fourth-order valence-corrected chi connectivity index (χ4v) is 5.51. The predicted molar refractivity (Wildman–Crippen MR) is 112 cm³/mol. The maximum absolute atomic E-state index is 9.92. The van der Waals surface area contributed by atoms with Crippen molar-refractivity contribution in [1.29, 1.82) is 0 Å². The second-order valence-corrected chi connectivity index (χ2v) is 9.40. The van der Waals surface area contributed by atoms with Gasteiger partial charge in [-0.25, -0.2) is 9.97 Å². The van der Waals surface area contributed by atoms with Crippen LogP contribution in [0.15, 0.2) is 12.4 Å². The number of aliphatic hydroxyl groups is 1. The molecule has 1 N–H and O–H groups in total. The lowest BCUT2D eigenvalue weighted by molar-refractivity contribution is 0.165. The normalized spacial score (nSPS) is 28.5. The van der Waals surface area contributed by atoms with E-state index in [1.54, 1.807) is 0 Å². The number of rotatable bonds is 6. The molecule has 1 aliphatic carbocycles. The van der Waals surface area contributed by atoms with E-state index >= 15 is 0 Å². The molecule has 0 spiro atoms. The minimum absolute atomic E-state index is 0.312. The first kappa shape index (κ1) is 20.2. The monoisotopic (exact) mass is 386 g/mol. The molecule has 1 aromatic rings. The first-order chi connectivity index (χ1) is 13.8. The Labute approximate surface area is 170 Å². The SMILES string of the molecule is OC[C@@H]1CN(Cc2cnc(C3CCCCC3)nc2)C[C@@H]1CN1CCCCCC1. The van der Waals surface area contributed by atoms with E-state index in [0.717, 1.165) is 32.0 Å². The van der Waals surface area contributed by atoms with E-state index in [1.807, 2.05) is 12.4 Å². The summed E-state index contributed by atoms with van der Waals surface area (Å²) in [5.74, 6) is 2.62. The van der Waals surface area contributed by atoms with Crippen LogP contribution in [0.4, 0.5) is 0 Å². The predicted octanol–water partition coefficient (Wildman–Crippen LogP) is 3.44. The number of aliphatic hydroxyl groups excluding tert-OH is 1. The van der Waals surface area contributed by atoms with Crippen molar-refractivity contribution in [1.82, 2.24) is 19.8 Å². The van der Waals surface area contributed by atoms with Crippen molar-refractivity contribution in [2.45, 2.75) is 70.3 Å². The molecule has 2 saturated heterocycles.